The van der Waals surface area contributed by atoms with Crippen LogP contribution in [0.25, 0.3) is 11.4 Å². The quantitative estimate of drug-likeness (QED) is 0.652. The van der Waals surface area contributed by atoms with E-state index >= 15 is 0 Å². The van der Waals surface area contributed by atoms with Gasteiger partial charge in [-0.15, -0.1) is 0 Å². The van der Waals surface area contributed by atoms with Crippen molar-refractivity contribution in [3.05, 3.63) is 28.9 Å². The second-order valence-electron chi connectivity index (χ2n) is 6.13. The van der Waals surface area contributed by atoms with Crippen molar-refractivity contribution < 1.29 is 13.2 Å². The number of alkyl halides is 3. The second kappa shape index (κ2) is 5.29. The van der Waals surface area contributed by atoms with Crippen molar-refractivity contribution in [2.75, 3.05) is 0 Å². The molecule has 2 N–H and O–H groups in total. The maximum absolute atomic E-state index is 12.8. The largest absolute Gasteiger partial charge is 0.392 e. The molecule has 9 heteroatoms. The molecule has 1 saturated carbocycles. The van der Waals surface area contributed by atoms with E-state index in [1.54, 1.807) is 26.1 Å². The van der Waals surface area contributed by atoms with Gasteiger partial charge in [0.1, 0.15) is 11.5 Å². The fourth-order valence-electron chi connectivity index (χ4n) is 2.79. The van der Waals surface area contributed by atoms with Crippen molar-refractivity contribution in [1.29, 1.82) is 10.8 Å². The number of halogens is 3. The summed E-state index contributed by atoms with van der Waals surface area (Å²) >= 11 is 0. The second-order valence-corrected chi connectivity index (χ2v) is 6.13. The van der Waals surface area contributed by atoms with Crippen molar-refractivity contribution in [2.45, 2.75) is 32.4 Å². The third-order valence-electron chi connectivity index (χ3n) is 4.22. The molecule has 2 aromatic heterocycles. The molecule has 0 bridgehead atoms. The van der Waals surface area contributed by atoms with E-state index in [4.69, 9.17) is 10.8 Å². The van der Waals surface area contributed by atoms with Crippen molar-refractivity contribution in [3.8, 4) is 11.4 Å². The van der Waals surface area contributed by atoms with E-state index in [1.165, 1.54) is 16.3 Å². The first-order chi connectivity index (χ1) is 11.1. The zero-order chi connectivity index (χ0) is 17.8. The van der Waals surface area contributed by atoms with Crippen LogP contribution in [0.2, 0.25) is 0 Å². The minimum atomic E-state index is -4.19. The summed E-state index contributed by atoms with van der Waals surface area (Å²) in [5.74, 6) is -1.83. The molecule has 0 saturated heterocycles. The van der Waals surface area contributed by atoms with Crippen LogP contribution in [0.3, 0.4) is 0 Å². The summed E-state index contributed by atoms with van der Waals surface area (Å²) < 4.78 is 40.9. The Morgan fingerprint density at radius 1 is 1.29 bits per heavy atom. The molecule has 24 heavy (non-hydrogen) atoms. The lowest BCUT2D eigenvalue weighted by Gasteiger charge is -2.08. The average molecular weight is 338 g/mol. The van der Waals surface area contributed by atoms with Crippen molar-refractivity contribution in [1.82, 2.24) is 19.6 Å². The monoisotopic (exact) mass is 338 g/mol. The number of hydrogen-bond acceptors (Lipinski definition) is 4. The van der Waals surface area contributed by atoms with E-state index in [2.05, 4.69) is 10.2 Å². The number of nitrogens with one attached hydrogen (secondary N) is 2. The third-order valence-corrected chi connectivity index (χ3v) is 4.22. The molecule has 2 unspecified atom stereocenters. The fourth-order valence-corrected chi connectivity index (χ4v) is 2.79. The fraction of sp³-hybridized carbons (Fsp3) is 0.467. The summed E-state index contributed by atoms with van der Waals surface area (Å²) in [6, 6.07) is 3.29. The third kappa shape index (κ3) is 2.74. The standard InChI is InChI=1S/C15H17F3N6/c1-7-4-12(22-24(8(2)19)14(7)20)13-6-11(21-23(13)3)9-5-10(9)15(16,17)18/h4,6,9-10,19-20H,5H2,1-3H3. The Hall–Kier alpha value is -2.45. The molecule has 128 valence electrons. The van der Waals surface area contributed by atoms with Crippen LogP contribution in [0.1, 0.15) is 30.5 Å². The van der Waals surface area contributed by atoms with Crippen molar-refractivity contribution >= 4 is 5.84 Å². The minimum absolute atomic E-state index is 0.0671. The molecule has 0 aromatic carbocycles. The van der Waals surface area contributed by atoms with Crippen molar-refractivity contribution in [2.24, 2.45) is 13.0 Å². The molecule has 6 nitrogen and oxygen atoms in total. The Kier molecular flexibility index (Phi) is 3.61. The molecular formula is C15H17F3N6. The van der Waals surface area contributed by atoms with Gasteiger partial charge in [0.25, 0.3) is 0 Å². The summed E-state index contributed by atoms with van der Waals surface area (Å²) in [5.41, 5.74) is 2.17. The molecule has 0 spiro atoms. The van der Waals surface area contributed by atoms with E-state index in [-0.39, 0.29) is 17.7 Å². The first kappa shape index (κ1) is 16.4. The lowest BCUT2D eigenvalue weighted by Crippen LogP contribution is -2.29. The van der Waals surface area contributed by atoms with Gasteiger partial charge in [-0.1, -0.05) is 0 Å². The average Bonchev–Trinajstić information content (AvgIpc) is 3.19. The predicted octanol–water partition coefficient (Wildman–Crippen LogP) is 2.58. The highest BCUT2D eigenvalue weighted by Gasteiger charge is 2.57. The summed E-state index contributed by atoms with van der Waals surface area (Å²) in [4.78, 5) is 0. The van der Waals surface area contributed by atoms with Gasteiger partial charge >= 0.3 is 6.18 Å². The Bertz CT molecular complexity index is 876. The SMILES string of the molecule is CC(=N)n1nc(-c2cc(C3CC3C(F)(F)F)nn2C)cc(C)c1=N. The van der Waals surface area contributed by atoms with E-state index in [1.807, 2.05) is 0 Å². The van der Waals surface area contributed by atoms with Crippen LogP contribution in [-0.4, -0.2) is 31.6 Å². The number of nitrogens with zero attached hydrogens (tertiary/aromatic N) is 4. The smallest absolute Gasteiger partial charge is 0.287 e. The zero-order valence-corrected chi connectivity index (χ0v) is 13.4. The highest BCUT2D eigenvalue weighted by Crippen LogP contribution is 2.55. The summed E-state index contributed by atoms with van der Waals surface area (Å²) in [6.07, 6.45) is -4.12. The maximum atomic E-state index is 12.8. The molecule has 2 atom stereocenters. The molecule has 0 aliphatic heterocycles. The normalized spacial score (nSPS) is 20.2. The van der Waals surface area contributed by atoms with Crippen LogP contribution in [0.5, 0.6) is 0 Å². The van der Waals surface area contributed by atoms with Crippen LogP contribution in [0.4, 0.5) is 13.2 Å². The summed E-state index contributed by atoms with van der Waals surface area (Å²) in [5, 5.41) is 24.1. The highest BCUT2D eigenvalue weighted by molar-refractivity contribution is 5.78. The molecule has 0 radical (unpaired) electrons. The van der Waals surface area contributed by atoms with E-state index < -0.39 is 18.0 Å². The van der Waals surface area contributed by atoms with Crippen LogP contribution in [0.15, 0.2) is 12.1 Å². The molecule has 3 rings (SSSR count). The number of rotatable bonds is 2. The van der Waals surface area contributed by atoms with Gasteiger partial charge in [-0.3, -0.25) is 15.5 Å². The highest BCUT2D eigenvalue weighted by atomic mass is 19.4. The Labute approximate surface area is 135 Å². The van der Waals surface area contributed by atoms with Gasteiger partial charge in [0.2, 0.25) is 0 Å². The minimum Gasteiger partial charge on any atom is -0.287 e. The van der Waals surface area contributed by atoms with Gasteiger partial charge in [0, 0.05) is 13.0 Å². The Morgan fingerprint density at radius 3 is 2.50 bits per heavy atom. The van der Waals surface area contributed by atoms with Gasteiger partial charge < -0.3 is 0 Å². The van der Waals surface area contributed by atoms with E-state index in [9.17, 15) is 13.2 Å². The first-order valence-corrected chi connectivity index (χ1v) is 7.41. The molecule has 2 aromatic rings. The lowest BCUT2D eigenvalue weighted by atomic mass is 10.2. The summed E-state index contributed by atoms with van der Waals surface area (Å²) in [7, 11) is 1.65. The van der Waals surface area contributed by atoms with Gasteiger partial charge in [0.15, 0.2) is 5.49 Å². The topological polar surface area (TPSA) is 83.3 Å². The number of aryl methyl sites for hydroxylation is 2. The zero-order valence-electron chi connectivity index (χ0n) is 13.4. The van der Waals surface area contributed by atoms with Crippen LogP contribution >= 0.6 is 0 Å². The molecule has 1 aliphatic rings. The lowest BCUT2D eigenvalue weighted by molar-refractivity contribution is -0.148. The molecule has 1 aliphatic carbocycles. The van der Waals surface area contributed by atoms with Gasteiger partial charge in [-0.2, -0.15) is 23.4 Å². The Morgan fingerprint density at radius 2 is 1.96 bits per heavy atom. The van der Waals surface area contributed by atoms with E-state index in [0.29, 0.717) is 22.6 Å². The summed E-state index contributed by atoms with van der Waals surface area (Å²) in [6.45, 7) is 3.24. The van der Waals surface area contributed by atoms with Gasteiger partial charge in [-0.05, 0) is 38.0 Å². The van der Waals surface area contributed by atoms with Crippen LogP contribution in [0, 0.1) is 23.7 Å². The van der Waals surface area contributed by atoms with Gasteiger partial charge in [-0.25, -0.2) is 4.68 Å². The van der Waals surface area contributed by atoms with Crippen LogP contribution in [-0.2, 0) is 7.05 Å². The molecule has 1 fully saturated rings. The molecule has 0 amide bonds. The van der Waals surface area contributed by atoms with Crippen molar-refractivity contribution in [3.63, 3.8) is 0 Å². The number of aromatic nitrogens is 4. The Balaban J connectivity index is 2.00. The van der Waals surface area contributed by atoms with Crippen LogP contribution < -0.4 is 5.49 Å². The van der Waals surface area contributed by atoms with Gasteiger partial charge in [0.05, 0.1) is 17.3 Å². The van der Waals surface area contributed by atoms with E-state index in [0.717, 1.165) is 0 Å². The maximum Gasteiger partial charge on any atom is 0.392 e. The molecule has 2 heterocycles. The molecular weight excluding hydrogens is 321 g/mol. The first-order valence-electron chi connectivity index (χ1n) is 7.41. The number of hydrogen-bond donors (Lipinski definition) is 2. The predicted molar refractivity (Wildman–Crippen MR) is 80.7 cm³/mol.